The molecule has 8 nitrogen and oxygen atoms in total. The number of tetrazole rings is 1. The summed E-state index contributed by atoms with van der Waals surface area (Å²) in [6.07, 6.45) is 2.80. The van der Waals surface area contributed by atoms with Gasteiger partial charge < -0.3 is 10.1 Å². The maximum Gasteiger partial charge on any atom is 0.341 e. The largest absolute Gasteiger partial charge is 0.462 e. The molecule has 0 bridgehead atoms. The monoisotopic (exact) mass is 409 g/mol. The number of aromatic nitrogens is 4. The smallest absolute Gasteiger partial charge is 0.341 e. The van der Waals surface area contributed by atoms with Crippen molar-refractivity contribution < 1.29 is 14.3 Å². The van der Waals surface area contributed by atoms with Gasteiger partial charge in [-0.25, -0.2) is 9.48 Å². The summed E-state index contributed by atoms with van der Waals surface area (Å²) in [4.78, 5) is 26.4. The molecule has 27 heavy (non-hydrogen) atoms. The summed E-state index contributed by atoms with van der Waals surface area (Å²) in [6, 6.07) is 0. The van der Waals surface area contributed by atoms with Crippen LogP contribution in [0.15, 0.2) is 5.16 Å². The number of anilines is 1. The second kappa shape index (κ2) is 8.39. The second-order valence-electron chi connectivity index (χ2n) is 6.61. The van der Waals surface area contributed by atoms with E-state index >= 15 is 0 Å². The predicted octanol–water partition coefficient (Wildman–Crippen LogP) is 2.69. The normalized spacial score (nSPS) is 17.3. The average molecular weight is 410 g/mol. The quantitative estimate of drug-likeness (QED) is 0.578. The minimum atomic E-state index is -0.414. The van der Waals surface area contributed by atoms with Crippen LogP contribution < -0.4 is 5.32 Å². The predicted molar refractivity (Wildman–Crippen MR) is 104 cm³/mol. The number of fused-ring (bicyclic) bond motifs is 1. The van der Waals surface area contributed by atoms with E-state index in [1.54, 1.807) is 20.9 Å². The molecule has 0 saturated carbocycles. The molecular formula is C17H23N5O3S2. The zero-order valence-electron chi connectivity index (χ0n) is 15.8. The molecule has 0 unspecified atom stereocenters. The molecule has 0 radical (unpaired) electrons. The number of thiophene rings is 1. The van der Waals surface area contributed by atoms with E-state index in [2.05, 4.69) is 27.8 Å². The topological polar surface area (TPSA) is 99.0 Å². The van der Waals surface area contributed by atoms with Gasteiger partial charge >= 0.3 is 5.97 Å². The number of carbonyl (C=O) groups excluding carboxylic acids is 2. The Bertz CT molecular complexity index is 848. The first kappa shape index (κ1) is 19.8. The summed E-state index contributed by atoms with van der Waals surface area (Å²) in [6.45, 7) is 6.08. The highest BCUT2D eigenvalue weighted by Gasteiger charge is 2.30. The van der Waals surface area contributed by atoms with Gasteiger partial charge in [0, 0.05) is 11.9 Å². The lowest BCUT2D eigenvalue weighted by Gasteiger charge is -2.18. The number of rotatable bonds is 6. The molecular weight excluding hydrogens is 386 g/mol. The molecule has 2 atom stereocenters. The first-order valence-corrected chi connectivity index (χ1v) is 10.6. The van der Waals surface area contributed by atoms with Crippen LogP contribution in [0, 0.1) is 5.92 Å². The molecule has 2 aromatic rings. The van der Waals surface area contributed by atoms with Crippen molar-refractivity contribution in [2.45, 2.75) is 50.4 Å². The summed E-state index contributed by atoms with van der Waals surface area (Å²) in [7, 11) is 1.72. The fourth-order valence-electron chi connectivity index (χ4n) is 3.00. The molecule has 0 fully saturated rings. The first-order valence-electron chi connectivity index (χ1n) is 8.92. The number of carbonyl (C=O) groups is 2. The number of thioether (sulfide) groups is 1. The van der Waals surface area contributed by atoms with Crippen LogP contribution in [0.25, 0.3) is 0 Å². The summed E-state index contributed by atoms with van der Waals surface area (Å²) in [5, 5.41) is 14.9. The number of aryl methyl sites for hydroxylation is 1. The van der Waals surface area contributed by atoms with Crippen LogP contribution in [0.5, 0.6) is 0 Å². The van der Waals surface area contributed by atoms with Gasteiger partial charge in [-0.3, -0.25) is 4.79 Å². The molecule has 1 aliphatic rings. The fourth-order valence-corrected chi connectivity index (χ4v) is 5.16. The van der Waals surface area contributed by atoms with Crippen molar-refractivity contribution in [1.82, 2.24) is 20.2 Å². The zero-order valence-corrected chi connectivity index (χ0v) is 17.4. The average Bonchev–Trinajstić information content (AvgIpc) is 3.17. The van der Waals surface area contributed by atoms with Crippen molar-refractivity contribution in [2.24, 2.45) is 13.0 Å². The lowest BCUT2D eigenvalue weighted by molar-refractivity contribution is -0.115. The van der Waals surface area contributed by atoms with E-state index in [0.717, 1.165) is 24.8 Å². The molecule has 0 aliphatic heterocycles. The Morgan fingerprint density at radius 1 is 1.48 bits per heavy atom. The van der Waals surface area contributed by atoms with Crippen molar-refractivity contribution in [1.29, 1.82) is 0 Å². The lowest BCUT2D eigenvalue weighted by Crippen LogP contribution is -2.24. The van der Waals surface area contributed by atoms with E-state index in [1.807, 2.05) is 0 Å². The van der Waals surface area contributed by atoms with Crippen LogP contribution in [0.1, 0.15) is 48.0 Å². The molecule has 1 aliphatic carbocycles. The summed E-state index contributed by atoms with van der Waals surface area (Å²) < 4.78 is 6.76. The Hall–Kier alpha value is -1.94. The third-order valence-corrected chi connectivity index (χ3v) is 6.75. The summed E-state index contributed by atoms with van der Waals surface area (Å²) >= 11 is 2.76. The number of amides is 1. The van der Waals surface area contributed by atoms with Crippen LogP contribution >= 0.6 is 23.1 Å². The molecule has 1 amide bonds. The van der Waals surface area contributed by atoms with Gasteiger partial charge in [0.1, 0.15) is 5.00 Å². The number of ether oxygens (including phenoxy) is 1. The molecule has 2 aromatic heterocycles. The maximum atomic E-state index is 12.7. The van der Waals surface area contributed by atoms with E-state index in [4.69, 9.17) is 4.74 Å². The maximum absolute atomic E-state index is 12.7. The van der Waals surface area contributed by atoms with E-state index in [0.29, 0.717) is 28.2 Å². The lowest BCUT2D eigenvalue weighted by atomic mass is 9.88. The van der Waals surface area contributed by atoms with Crippen molar-refractivity contribution in [3.63, 3.8) is 0 Å². The standard InChI is InChI=1S/C17H23N5O3S2/c1-5-25-16(24)13-11-7-6-9(2)8-12(11)27-15(13)18-14(23)10(3)26-17-19-20-21-22(17)4/h9-10H,5-8H2,1-4H3,(H,18,23)/t9-,10-/m1/s1. The fraction of sp³-hybridized carbons (Fsp3) is 0.588. The molecule has 0 aromatic carbocycles. The van der Waals surface area contributed by atoms with Gasteiger partial charge in [-0.1, -0.05) is 18.7 Å². The minimum Gasteiger partial charge on any atom is -0.462 e. The van der Waals surface area contributed by atoms with Crippen molar-refractivity contribution in [3.8, 4) is 0 Å². The highest BCUT2D eigenvalue weighted by molar-refractivity contribution is 8.00. The van der Waals surface area contributed by atoms with Crippen LogP contribution in [0.2, 0.25) is 0 Å². The van der Waals surface area contributed by atoms with Crippen molar-refractivity contribution in [2.75, 3.05) is 11.9 Å². The highest BCUT2D eigenvalue weighted by Crippen LogP contribution is 2.40. The van der Waals surface area contributed by atoms with Crippen LogP contribution in [0.4, 0.5) is 5.00 Å². The first-order chi connectivity index (χ1) is 12.9. The second-order valence-corrected chi connectivity index (χ2v) is 9.02. The van der Waals surface area contributed by atoms with Gasteiger partial charge in [-0.05, 0) is 55.0 Å². The van der Waals surface area contributed by atoms with Crippen LogP contribution in [-0.2, 0) is 29.4 Å². The Kier molecular flexibility index (Phi) is 6.15. The number of hydrogen-bond acceptors (Lipinski definition) is 8. The molecule has 0 saturated heterocycles. The molecule has 10 heteroatoms. The van der Waals surface area contributed by atoms with Gasteiger partial charge in [-0.2, -0.15) is 0 Å². The van der Waals surface area contributed by atoms with Gasteiger partial charge in [0.25, 0.3) is 0 Å². The van der Waals surface area contributed by atoms with Crippen LogP contribution in [-0.4, -0.2) is 43.9 Å². The van der Waals surface area contributed by atoms with Crippen molar-refractivity contribution >= 4 is 40.0 Å². The van der Waals surface area contributed by atoms with E-state index in [9.17, 15) is 9.59 Å². The zero-order chi connectivity index (χ0) is 19.6. The molecule has 3 rings (SSSR count). The Labute approximate surface area is 166 Å². The Balaban J connectivity index is 1.81. The molecule has 0 spiro atoms. The molecule has 146 valence electrons. The third kappa shape index (κ3) is 4.32. The van der Waals surface area contributed by atoms with Crippen molar-refractivity contribution in [3.05, 3.63) is 16.0 Å². The summed E-state index contributed by atoms with van der Waals surface area (Å²) in [5.74, 6) is 0.0190. The number of nitrogens with one attached hydrogen (secondary N) is 1. The number of nitrogens with zero attached hydrogens (tertiary/aromatic N) is 4. The van der Waals surface area contributed by atoms with Gasteiger partial charge in [-0.15, -0.1) is 16.4 Å². The van der Waals surface area contributed by atoms with Gasteiger partial charge in [0.05, 0.1) is 17.4 Å². The highest BCUT2D eigenvalue weighted by atomic mass is 32.2. The van der Waals surface area contributed by atoms with E-state index in [1.165, 1.54) is 32.7 Å². The van der Waals surface area contributed by atoms with Crippen LogP contribution in [0.3, 0.4) is 0 Å². The summed E-state index contributed by atoms with van der Waals surface area (Å²) in [5.41, 5.74) is 1.55. The molecule has 2 heterocycles. The van der Waals surface area contributed by atoms with E-state index < -0.39 is 5.25 Å². The number of hydrogen-bond donors (Lipinski definition) is 1. The SMILES string of the molecule is CCOC(=O)c1c(NC(=O)[C@@H](C)Sc2nnnn2C)sc2c1CC[C@@H](C)C2. The third-order valence-electron chi connectivity index (χ3n) is 4.46. The van der Waals surface area contributed by atoms with E-state index in [-0.39, 0.29) is 11.9 Å². The molecule has 1 N–H and O–H groups in total. The Morgan fingerprint density at radius 2 is 2.26 bits per heavy atom. The minimum absolute atomic E-state index is 0.194. The number of esters is 1. The Morgan fingerprint density at radius 3 is 2.93 bits per heavy atom. The van der Waals surface area contributed by atoms with Gasteiger partial charge in [0.2, 0.25) is 11.1 Å². The van der Waals surface area contributed by atoms with Gasteiger partial charge in [0.15, 0.2) is 0 Å².